The predicted molar refractivity (Wildman–Crippen MR) is 147 cm³/mol. The van der Waals surface area contributed by atoms with Gasteiger partial charge >= 0.3 is 0 Å². The summed E-state index contributed by atoms with van der Waals surface area (Å²) in [5, 5.41) is 10.5. The summed E-state index contributed by atoms with van der Waals surface area (Å²) in [5.74, 6) is 0.138. The van der Waals surface area contributed by atoms with Crippen LogP contribution < -0.4 is 4.90 Å². The molecular formula is C30H34N6O2. The summed E-state index contributed by atoms with van der Waals surface area (Å²) in [6, 6.07) is 20.3. The van der Waals surface area contributed by atoms with E-state index < -0.39 is 0 Å². The number of ether oxygens (including phenoxy) is 1. The van der Waals surface area contributed by atoms with Crippen molar-refractivity contribution < 1.29 is 9.53 Å². The van der Waals surface area contributed by atoms with E-state index >= 15 is 0 Å². The molecule has 8 heteroatoms. The minimum Gasteiger partial charge on any atom is -0.370 e. The summed E-state index contributed by atoms with van der Waals surface area (Å²) in [5.41, 5.74) is 3.27. The van der Waals surface area contributed by atoms with Crippen molar-refractivity contribution in [3.8, 4) is 6.07 Å². The summed E-state index contributed by atoms with van der Waals surface area (Å²) >= 11 is 0. The topological polar surface area (TPSA) is 75.9 Å². The standard InChI is InChI=1S/C30H34N6O2/c1-22-17-36(28-10-9-24(16-31)29-27(28)8-5-11-32-29)21-26(38-22)20-33-18-25(19-33)34-12-14-35(15-13-34)30(37)23-6-3-2-4-7-23/h2-11,22,25-26H,12-15,17-21H2,1H3/t22-,26-/m1/s1. The maximum absolute atomic E-state index is 12.8. The molecule has 0 bridgehead atoms. The van der Waals surface area contributed by atoms with E-state index in [1.807, 2.05) is 47.4 Å². The highest BCUT2D eigenvalue weighted by Gasteiger charge is 2.37. The van der Waals surface area contributed by atoms with Crippen molar-refractivity contribution in [1.82, 2.24) is 19.7 Å². The van der Waals surface area contributed by atoms with Crippen LogP contribution in [0.4, 0.5) is 5.69 Å². The zero-order valence-electron chi connectivity index (χ0n) is 21.9. The van der Waals surface area contributed by atoms with E-state index in [1.54, 1.807) is 6.20 Å². The number of carbonyl (C=O) groups excluding carboxylic acids is 1. The molecule has 3 aliphatic rings. The predicted octanol–water partition coefficient (Wildman–Crippen LogP) is 2.84. The Morgan fingerprint density at radius 2 is 1.79 bits per heavy atom. The fourth-order valence-electron chi connectivity index (χ4n) is 6.13. The third-order valence-corrected chi connectivity index (χ3v) is 8.07. The van der Waals surface area contributed by atoms with Gasteiger partial charge in [0.1, 0.15) is 6.07 Å². The molecule has 3 fully saturated rings. The zero-order chi connectivity index (χ0) is 26.1. The number of hydrogen-bond acceptors (Lipinski definition) is 7. The molecule has 0 aliphatic carbocycles. The van der Waals surface area contributed by atoms with Gasteiger partial charge in [0, 0.05) is 87.8 Å². The van der Waals surface area contributed by atoms with Gasteiger partial charge in [0.15, 0.2) is 0 Å². The van der Waals surface area contributed by atoms with Crippen molar-refractivity contribution in [1.29, 1.82) is 5.26 Å². The zero-order valence-corrected chi connectivity index (χ0v) is 21.9. The first-order valence-corrected chi connectivity index (χ1v) is 13.6. The van der Waals surface area contributed by atoms with Gasteiger partial charge in [-0.2, -0.15) is 5.26 Å². The number of piperazine rings is 1. The van der Waals surface area contributed by atoms with Gasteiger partial charge in [0.05, 0.1) is 23.3 Å². The molecule has 1 amide bonds. The molecule has 0 saturated carbocycles. The number of aromatic nitrogens is 1. The Bertz CT molecular complexity index is 1330. The van der Waals surface area contributed by atoms with Gasteiger partial charge in [-0.05, 0) is 43.3 Å². The average Bonchev–Trinajstić information content (AvgIpc) is 2.94. The van der Waals surface area contributed by atoms with Crippen LogP contribution in [0.15, 0.2) is 60.8 Å². The molecule has 8 nitrogen and oxygen atoms in total. The highest BCUT2D eigenvalue weighted by atomic mass is 16.5. The van der Waals surface area contributed by atoms with Crippen molar-refractivity contribution in [2.24, 2.45) is 0 Å². The van der Waals surface area contributed by atoms with Crippen molar-refractivity contribution in [3.63, 3.8) is 0 Å². The SMILES string of the molecule is C[C@@H]1CN(c2ccc(C#N)c3ncccc23)C[C@@H](CN2CC(N3CCN(C(=O)c4ccccc4)CC3)C2)O1. The molecule has 2 aromatic carbocycles. The van der Waals surface area contributed by atoms with Crippen LogP contribution in [0.1, 0.15) is 22.8 Å². The highest BCUT2D eigenvalue weighted by Crippen LogP contribution is 2.31. The molecule has 2 atom stereocenters. The second-order valence-electron chi connectivity index (χ2n) is 10.7. The molecule has 3 aliphatic heterocycles. The Balaban J connectivity index is 1.02. The first-order valence-electron chi connectivity index (χ1n) is 13.6. The van der Waals surface area contributed by atoms with Gasteiger partial charge in [0.25, 0.3) is 5.91 Å². The number of rotatable bonds is 5. The number of benzene rings is 2. The molecule has 196 valence electrons. The summed E-state index contributed by atoms with van der Waals surface area (Å²) in [4.78, 5) is 26.6. The average molecular weight is 511 g/mol. The lowest BCUT2D eigenvalue weighted by Crippen LogP contribution is -2.65. The third kappa shape index (κ3) is 4.97. The van der Waals surface area contributed by atoms with Crippen molar-refractivity contribution in [3.05, 3.63) is 71.9 Å². The first-order chi connectivity index (χ1) is 18.6. The number of likely N-dealkylation sites (tertiary alicyclic amines) is 1. The van der Waals surface area contributed by atoms with Crippen LogP contribution in [0.25, 0.3) is 10.9 Å². The molecule has 3 saturated heterocycles. The van der Waals surface area contributed by atoms with Crippen molar-refractivity contribution >= 4 is 22.5 Å². The second kappa shape index (κ2) is 10.7. The van der Waals surface area contributed by atoms with Crippen LogP contribution in [0.5, 0.6) is 0 Å². The van der Waals surface area contributed by atoms with Gasteiger partial charge in [-0.1, -0.05) is 18.2 Å². The van der Waals surface area contributed by atoms with E-state index in [-0.39, 0.29) is 18.1 Å². The molecule has 0 radical (unpaired) electrons. The molecule has 0 unspecified atom stereocenters. The number of pyridine rings is 1. The lowest BCUT2D eigenvalue weighted by atomic mass is 10.0. The quantitative estimate of drug-likeness (QED) is 0.523. The highest BCUT2D eigenvalue weighted by molar-refractivity contribution is 5.95. The van der Waals surface area contributed by atoms with Crippen LogP contribution in [0, 0.1) is 11.3 Å². The summed E-state index contributed by atoms with van der Waals surface area (Å²) in [6.45, 7) is 10.2. The number of amides is 1. The number of fused-ring (bicyclic) bond motifs is 1. The van der Waals surface area contributed by atoms with Gasteiger partial charge in [0.2, 0.25) is 0 Å². The number of hydrogen-bond donors (Lipinski definition) is 0. The van der Waals surface area contributed by atoms with Crippen molar-refractivity contribution in [2.45, 2.75) is 25.2 Å². The van der Waals surface area contributed by atoms with E-state index in [0.717, 1.165) is 81.1 Å². The number of morpholine rings is 1. The maximum atomic E-state index is 12.8. The molecule has 4 heterocycles. The van der Waals surface area contributed by atoms with Crippen LogP contribution in [0.3, 0.4) is 0 Å². The second-order valence-corrected chi connectivity index (χ2v) is 10.7. The Morgan fingerprint density at radius 3 is 2.55 bits per heavy atom. The van der Waals surface area contributed by atoms with E-state index in [1.165, 1.54) is 0 Å². The van der Waals surface area contributed by atoms with Crippen LogP contribution in [0.2, 0.25) is 0 Å². The monoisotopic (exact) mass is 510 g/mol. The van der Waals surface area contributed by atoms with Gasteiger partial charge in [-0.25, -0.2) is 0 Å². The lowest BCUT2D eigenvalue weighted by Gasteiger charge is -2.50. The fraction of sp³-hybridized carbons (Fsp3) is 0.433. The fourth-order valence-corrected chi connectivity index (χ4v) is 6.13. The minimum atomic E-state index is 0.127. The minimum absolute atomic E-state index is 0.127. The normalized spacial score (nSPS) is 23.3. The lowest BCUT2D eigenvalue weighted by molar-refractivity contribution is -0.0608. The third-order valence-electron chi connectivity index (χ3n) is 8.07. The molecule has 1 aromatic heterocycles. The summed E-state index contributed by atoms with van der Waals surface area (Å²) in [7, 11) is 0. The molecule has 3 aromatic rings. The van der Waals surface area contributed by atoms with Crippen molar-refractivity contribution in [2.75, 3.05) is 63.8 Å². The molecule has 0 spiro atoms. The maximum Gasteiger partial charge on any atom is 0.253 e. The van der Waals surface area contributed by atoms with Crippen LogP contribution >= 0.6 is 0 Å². The van der Waals surface area contributed by atoms with Gasteiger partial charge in [-0.3, -0.25) is 19.6 Å². The number of anilines is 1. The molecule has 6 rings (SSSR count). The molecule has 38 heavy (non-hydrogen) atoms. The van der Waals surface area contributed by atoms with E-state index in [2.05, 4.69) is 44.8 Å². The smallest absolute Gasteiger partial charge is 0.253 e. The Kier molecular flexibility index (Phi) is 6.98. The number of nitriles is 1. The van der Waals surface area contributed by atoms with Gasteiger partial charge < -0.3 is 14.5 Å². The molecule has 0 N–H and O–H groups in total. The first kappa shape index (κ1) is 24.8. The van der Waals surface area contributed by atoms with Crippen LogP contribution in [-0.2, 0) is 4.74 Å². The Hall–Kier alpha value is -3.51. The summed E-state index contributed by atoms with van der Waals surface area (Å²) in [6.07, 6.45) is 2.00. The Morgan fingerprint density at radius 1 is 1.00 bits per heavy atom. The summed E-state index contributed by atoms with van der Waals surface area (Å²) < 4.78 is 6.36. The van der Waals surface area contributed by atoms with Gasteiger partial charge in [-0.15, -0.1) is 0 Å². The largest absolute Gasteiger partial charge is 0.370 e. The number of nitrogens with zero attached hydrogens (tertiary/aromatic N) is 6. The van der Waals surface area contributed by atoms with E-state index in [9.17, 15) is 10.1 Å². The molecular weight excluding hydrogens is 476 g/mol. The Labute approximate surface area is 224 Å². The van der Waals surface area contributed by atoms with E-state index in [4.69, 9.17) is 4.74 Å². The van der Waals surface area contributed by atoms with E-state index in [0.29, 0.717) is 11.6 Å². The number of carbonyl (C=O) groups is 1. The van der Waals surface area contributed by atoms with Crippen LogP contribution in [-0.4, -0.2) is 103 Å².